The molecule has 106 valence electrons. The van der Waals surface area contributed by atoms with Gasteiger partial charge in [-0.1, -0.05) is 12.1 Å². The summed E-state index contributed by atoms with van der Waals surface area (Å²) in [5, 5.41) is 13.0. The number of hydrogen-bond donors (Lipinski definition) is 2. The first-order valence-corrected chi connectivity index (χ1v) is 6.30. The highest BCUT2D eigenvalue weighted by Crippen LogP contribution is 2.18. The van der Waals surface area contributed by atoms with Gasteiger partial charge in [0.25, 0.3) is 0 Å². The molecule has 0 aliphatic carbocycles. The predicted molar refractivity (Wildman–Crippen MR) is 72.1 cm³/mol. The van der Waals surface area contributed by atoms with Crippen molar-refractivity contribution in [1.82, 2.24) is 5.32 Å². The van der Waals surface area contributed by atoms with Crippen LogP contribution in [0.2, 0.25) is 0 Å². The number of benzene rings is 1. The minimum absolute atomic E-state index is 0.271. The molecule has 1 rings (SSSR count). The van der Waals surface area contributed by atoms with Gasteiger partial charge < -0.3 is 19.9 Å². The third kappa shape index (κ3) is 4.89. The van der Waals surface area contributed by atoms with Gasteiger partial charge in [0.15, 0.2) is 0 Å². The average Bonchev–Trinajstić information content (AvgIpc) is 2.44. The van der Waals surface area contributed by atoms with E-state index in [0.29, 0.717) is 12.4 Å². The molecular formula is C14H21NO4. The Morgan fingerprint density at radius 2 is 2.21 bits per heavy atom. The van der Waals surface area contributed by atoms with E-state index >= 15 is 0 Å². The van der Waals surface area contributed by atoms with Gasteiger partial charge in [-0.3, -0.25) is 4.79 Å². The highest BCUT2D eigenvalue weighted by Gasteiger charge is 2.15. The van der Waals surface area contributed by atoms with E-state index in [1.54, 1.807) is 27.0 Å². The first-order valence-electron chi connectivity index (χ1n) is 6.30. The third-order valence-electron chi connectivity index (χ3n) is 2.74. The number of carbonyl (C=O) groups is 1. The molecule has 0 spiro atoms. The van der Waals surface area contributed by atoms with Gasteiger partial charge in [0.1, 0.15) is 11.8 Å². The molecule has 0 heterocycles. The second-order valence-electron chi connectivity index (χ2n) is 4.17. The van der Waals surface area contributed by atoms with Crippen LogP contribution in [0, 0.1) is 0 Å². The number of hydrogen-bond acceptors (Lipinski definition) is 5. The number of carbonyl (C=O) groups excluding carboxylic acids is 1. The van der Waals surface area contributed by atoms with Crippen LogP contribution in [0.15, 0.2) is 24.3 Å². The van der Waals surface area contributed by atoms with Gasteiger partial charge in [-0.2, -0.15) is 0 Å². The van der Waals surface area contributed by atoms with Crippen LogP contribution < -0.4 is 10.1 Å². The van der Waals surface area contributed by atoms with E-state index in [-0.39, 0.29) is 12.5 Å². The van der Waals surface area contributed by atoms with Gasteiger partial charge in [0, 0.05) is 6.54 Å². The fraction of sp³-hybridized carbons (Fsp3) is 0.500. The van der Waals surface area contributed by atoms with E-state index in [1.165, 1.54) is 0 Å². The van der Waals surface area contributed by atoms with Gasteiger partial charge in [0.05, 0.1) is 19.8 Å². The molecule has 5 heteroatoms. The second-order valence-corrected chi connectivity index (χ2v) is 4.17. The Kier molecular flexibility index (Phi) is 6.32. The Morgan fingerprint density at radius 3 is 2.84 bits per heavy atom. The van der Waals surface area contributed by atoms with Crippen molar-refractivity contribution in [2.45, 2.75) is 26.0 Å². The van der Waals surface area contributed by atoms with Crippen LogP contribution in [0.4, 0.5) is 0 Å². The van der Waals surface area contributed by atoms with Crippen LogP contribution in [-0.4, -0.2) is 37.4 Å². The number of esters is 1. The van der Waals surface area contributed by atoms with E-state index < -0.39 is 12.1 Å². The molecule has 0 aliphatic rings. The van der Waals surface area contributed by atoms with Gasteiger partial charge >= 0.3 is 5.97 Å². The van der Waals surface area contributed by atoms with E-state index in [4.69, 9.17) is 9.47 Å². The van der Waals surface area contributed by atoms with E-state index in [2.05, 4.69) is 5.32 Å². The minimum Gasteiger partial charge on any atom is -0.497 e. The molecule has 0 amide bonds. The van der Waals surface area contributed by atoms with Crippen molar-refractivity contribution in [2.24, 2.45) is 0 Å². The number of methoxy groups -OCH3 is 1. The van der Waals surface area contributed by atoms with Crippen LogP contribution in [-0.2, 0) is 9.53 Å². The maximum atomic E-state index is 11.4. The second kappa shape index (κ2) is 7.76. The van der Waals surface area contributed by atoms with Crippen LogP contribution in [0.25, 0.3) is 0 Å². The zero-order valence-corrected chi connectivity index (χ0v) is 11.6. The molecule has 19 heavy (non-hydrogen) atoms. The van der Waals surface area contributed by atoms with Crippen molar-refractivity contribution in [3.8, 4) is 5.75 Å². The fourth-order valence-corrected chi connectivity index (χ4v) is 1.61. The predicted octanol–water partition coefficient (Wildman–Crippen LogP) is 1.27. The summed E-state index contributed by atoms with van der Waals surface area (Å²) in [7, 11) is 1.58. The highest BCUT2D eigenvalue weighted by atomic mass is 16.5. The summed E-state index contributed by atoms with van der Waals surface area (Å²) in [6, 6.07) is 6.75. The maximum Gasteiger partial charge on any atom is 0.322 e. The molecule has 0 aromatic heterocycles. The zero-order valence-electron chi connectivity index (χ0n) is 11.6. The van der Waals surface area contributed by atoms with E-state index in [0.717, 1.165) is 5.56 Å². The maximum absolute atomic E-state index is 11.4. The molecule has 2 unspecified atom stereocenters. The molecule has 5 nitrogen and oxygen atoms in total. The lowest BCUT2D eigenvalue weighted by Crippen LogP contribution is -2.37. The summed E-state index contributed by atoms with van der Waals surface area (Å²) >= 11 is 0. The fourth-order valence-electron chi connectivity index (χ4n) is 1.61. The molecule has 0 saturated heterocycles. The Balaban J connectivity index is 2.50. The minimum atomic E-state index is -0.702. The van der Waals surface area contributed by atoms with Gasteiger partial charge in [-0.15, -0.1) is 0 Å². The van der Waals surface area contributed by atoms with Crippen molar-refractivity contribution in [3.05, 3.63) is 29.8 Å². The number of ether oxygens (including phenoxy) is 2. The Labute approximate surface area is 113 Å². The monoisotopic (exact) mass is 267 g/mol. The molecule has 2 atom stereocenters. The molecule has 0 bridgehead atoms. The highest BCUT2D eigenvalue weighted by molar-refractivity contribution is 5.75. The molecule has 1 aromatic rings. The van der Waals surface area contributed by atoms with Crippen LogP contribution in [0.5, 0.6) is 5.75 Å². The Morgan fingerprint density at radius 1 is 1.47 bits per heavy atom. The standard InChI is InChI=1S/C14H21NO4/c1-4-19-14(17)10(2)15-9-13(16)11-6-5-7-12(8-11)18-3/h5-8,10,13,15-16H,4,9H2,1-3H3. The molecule has 2 N–H and O–H groups in total. The Hall–Kier alpha value is -1.59. The van der Waals surface area contributed by atoms with Gasteiger partial charge in [-0.25, -0.2) is 0 Å². The summed E-state index contributed by atoms with van der Waals surface area (Å²) in [6.07, 6.45) is -0.702. The normalized spacial score (nSPS) is 13.7. The average molecular weight is 267 g/mol. The van der Waals surface area contributed by atoms with Crippen LogP contribution in [0.3, 0.4) is 0 Å². The smallest absolute Gasteiger partial charge is 0.322 e. The number of rotatable bonds is 7. The molecular weight excluding hydrogens is 246 g/mol. The van der Waals surface area contributed by atoms with Crippen molar-refractivity contribution in [2.75, 3.05) is 20.3 Å². The lowest BCUT2D eigenvalue weighted by molar-refractivity contribution is -0.145. The van der Waals surface area contributed by atoms with Crippen molar-refractivity contribution in [1.29, 1.82) is 0 Å². The third-order valence-corrected chi connectivity index (χ3v) is 2.74. The van der Waals surface area contributed by atoms with E-state index in [1.807, 2.05) is 18.2 Å². The summed E-state index contributed by atoms with van der Waals surface area (Å²) in [6.45, 7) is 4.09. The molecule has 0 fully saturated rings. The Bertz CT molecular complexity index is 408. The molecule has 0 aliphatic heterocycles. The summed E-state index contributed by atoms with van der Waals surface area (Å²) < 4.78 is 9.97. The summed E-state index contributed by atoms with van der Waals surface area (Å²) in [5.74, 6) is 0.371. The lowest BCUT2D eigenvalue weighted by atomic mass is 10.1. The molecule has 0 saturated carbocycles. The number of aliphatic hydroxyl groups is 1. The van der Waals surface area contributed by atoms with Crippen molar-refractivity contribution >= 4 is 5.97 Å². The quantitative estimate of drug-likeness (QED) is 0.728. The largest absolute Gasteiger partial charge is 0.497 e. The van der Waals surface area contributed by atoms with Gasteiger partial charge in [-0.05, 0) is 31.5 Å². The van der Waals surface area contributed by atoms with E-state index in [9.17, 15) is 9.90 Å². The zero-order chi connectivity index (χ0) is 14.3. The lowest BCUT2D eigenvalue weighted by Gasteiger charge is -2.16. The van der Waals surface area contributed by atoms with Gasteiger partial charge in [0.2, 0.25) is 0 Å². The van der Waals surface area contributed by atoms with Crippen LogP contribution >= 0.6 is 0 Å². The topological polar surface area (TPSA) is 67.8 Å². The number of aliphatic hydroxyl groups excluding tert-OH is 1. The summed E-state index contributed by atoms with van der Waals surface area (Å²) in [5.41, 5.74) is 0.739. The van der Waals surface area contributed by atoms with Crippen molar-refractivity contribution in [3.63, 3.8) is 0 Å². The van der Waals surface area contributed by atoms with Crippen molar-refractivity contribution < 1.29 is 19.4 Å². The molecule has 0 radical (unpaired) electrons. The summed E-state index contributed by atoms with van der Waals surface area (Å²) in [4.78, 5) is 11.4. The van der Waals surface area contributed by atoms with Crippen LogP contribution in [0.1, 0.15) is 25.5 Å². The SMILES string of the molecule is CCOC(=O)C(C)NCC(O)c1cccc(OC)c1. The molecule has 1 aromatic carbocycles. The first-order chi connectivity index (χ1) is 9.08. The number of nitrogens with one attached hydrogen (secondary N) is 1. The first kappa shape index (κ1) is 15.5.